The predicted molar refractivity (Wildman–Crippen MR) is 68.0 cm³/mol. The fourth-order valence-corrected chi connectivity index (χ4v) is 2.45. The first-order chi connectivity index (χ1) is 8.70. The van der Waals surface area contributed by atoms with Crippen LogP contribution < -0.4 is 5.73 Å². The first-order valence-corrected chi connectivity index (χ1v) is 6.40. The highest BCUT2D eigenvalue weighted by molar-refractivity contribution is 7.98. The zero-order valence-corrected chi connectivity index (χ0v) is 10.4. The minimum absolute atomic E-state index is 0.370. The number of halogens is 2. The lowest BCUT2D eigenvalue weighted by Crippen LogP contribution is -2.03. The van der Waals surface area contributed by atoms with Crippen LogP contribution in [0.25, 0.3) is 0 Å². The molecule has 5 heteroatoms. The Balaban J connectivity index is 2.09. The number of pyridine rings is 1. The van der Waals surface area contributed by atoms with E-state index < -0.39 is 11.6 Å². The molecule has 0 spiro atoms. The molecule has 94 valence electrons. The van der Waals surface area contributed by atoms with Crippen LogP contribution >= 0.6 is 11.8 Å². The van der Waals surface area contributed by atoms with Crippen molar-refractivity contribution in [3.8, 4) is 0 Å². The molecule has 2 nitrogen and oxygen atoms in total. The number of thioether (sulfide) groups is 1. The first kappa shape index (κ1) is 13.0. The van der Waals surface area contributed by atoms with Gasteiger partial charge in [-0.25, -0.2) is 8.78 Å². The molecule has 1 aromatic carbocycles. The number of rotatable bonds is 4. The quantitative estimate of drug-likeness (QED) is 0.864. The minimum Gasteiger partial charge on any atom is -0.325 e. The molecule has 0 radical (unpaired) electrons. The van der Waals surface area contributed by atoms with Crippen LogP contribution in [0.15, 0.2) is 41.4 Å². The average molecular weight is 266 g/mol. The van der Waals surface area contributed by atoms with Crippen LogP contribution in [0.2, 0.25) is 0 Å². The smallest absolute Gasteiger partial charge is 0.159 e. The van der Waals surface area contributed by atoms with Crippen molar-refractivity contribution in [2.75, 3.05) is 0 Å². The Morgan fingerprint density at radius 1 is 1.17 bits per heavy atom. The van der Waals surface area contributed by atoms with Gasteiger partial charge in [-0.2, -0.15) is 0 Å². The number of aromatic nitrogens is 1. The maximum absolute atomic E-state index is 13.0. The molecular formula is C13H12F2N2S. The number of nitrogens with zero attached hydrogens (tertiary/aromatic N) is 1. The summed E-state index contributed by atoms with van der Waals surface area (Å²) in [6, 6.07) is 7.65. The van der Waals surface area contributed by atoms with Crippen LogP contribution in [-0.2, 0) is 12.3 Å². The topological polar surface area (TPSA) is 38.9 Å². The lowest BCUT2D eigenvalue weighted by molar-refractivity contribution is 0.506. The summed E-state index contributed by atoms with van der Waals surface area (Å²) in [4.78, 5) is 4.85. The summed E-state index contributed by atoms with van der Waals surface area (Å²) in [5, 5.41) is 0. The summed E-state index contributed by atoms with van der Waals surface area (Å²) in [7, 11) is 0. The molecular weight excluding hydrogens is 254 g/mol. The average Bonchev–Trinajstić information content (AvgIpc) is 2.40. The summed E-state index contributed by atoms with van der Waals surface area (Å²) in [6.07, 6.45) is 1.69. The van der Waals surface area contributed by atoms with E-state index in [-0.39, 0.29) is 0 Å². The monoisotopic (exact) mass is 266 g/mol. The maximum Gasteiger partial charge on any atom is 0.159 e. The van der Waals surface area contributed by atoms with Crippen LogP contribution in [-0.4, -0.2) is 4.98 Å². The van der Waals surface area contributed by atoms with Gasteiger partial charge in [0.25, 0.3) is 0 Å². The highest BCUT2D eigenvalue weighted by Gasteiger charge is 2.05. The first-order valence-electron chi connectivity index (χ1n) is 5.41. The third-order valence-electron chi connectivity index (χ3n) is 2.46. The molecule has 2 aromatic rings. The number of hydrogen-bond acceptors (Lipinski definition) is 3. The second-order valence-corrected chi connectivity index (χ2v) is 4.73. The van der Waals surface area contributed by atoms with Crippen molar-refractivity contribution in [1.29, 1.82) is 0 Å². The summed E-state index contributed by atoms with van der Waals surface area (Å²) < 4.78 is 25.8. The van der Waals surface area contributed by atoms with E-state index in [4.69, 9.17) is 5.73 Å². The van der Waals surface area contributed by atoms with Gasteiger partial charge in [-0.05, 0) is 29.8 Å². The Hall–Kier alpha value is -1.46. The Kier molecular flexibility index (Phi) is 4.28. The molecule has 0 bridgehead atoms. The van der Waals surface area contributed by atoms with E-state index in [1.54, 1.807) is 12.3 Å². The predicted octanol–water partition coefficient (Wildman–Crippen LogP) is 3.11. The zero-order chi connectivity index (χ0) is 13.0. The molecule has 0 saturated heterocycles. The van der Waals surface area contributed by atoms with E-state index >= 15 is 0 Å². The number of nitrogens with two attached hydrogens (primary N) is 1. The van der Waals surface area contributed by atoms with Crippen molar-refractivity contribution in [3.63, 3.8) is 0 Å². The van der Waals surface area contributed by atoms with Gasteiger partial charge >= 0.3 is 0 Å². The molecule has 1 aromatic heterocycles. The number of benzene rings is 1. The summed E-state index contributed by atoms with van der Waals surface area (Å²) in [5.41, 5.74) is 7.42. The van der Waals surface area contributed by atoms with Crippen molar-refractivity contribution < 1.29 is 8.78 Å². The third-order valence-corrected chi connectivity index (χ3v) is 3.51. The van der Waals surface area contributed by atoms with Crippen molar-refractivity contribution in [2.24, 2.45) is 5.73 Å². The van der Waals surface area contributed by atoms with E-state index in [2.05, 4.69) is 4.98 Å². The van der Waals surface area contributed by atoms with E-state index in [1.807, 2.05) is 12.1 Å². The van der Waals surface area contributed by atoms with Crippen molar-refractivity contribution in [2.45, 2.75) is 17.2 Å². The Labute approximate surface area is 108 Å². The molecule has 2 rings (SSSR count). The molecule has 0 unspecified atom stereocenters. The van der Waals surface area contributed by atoms with E-state index in [0.717, 1.165) is 17.3 Å². The van der Waals surface area contributed by atoms with E-state index in [1.165, 1.54) is 17.8 Å². The maximum atomic E-state index is 13.0. The third kappa shape index (κ3) is 3.05. The van der Waals surface area contributed by atoms with Crippen molar-refractivity contribution in [3.05, 3.63) is 59.4 Å². The molecule has 0 aliphatic carbocycles. The standard InChI is InChI=1S/C13H12F2N2S/c14-11-4-3-10(6-12(11)15)18-8-9-2-1-5-17-13(9)7-16/h1-6H,7-8,16H2. The van der Waals surface area contributed by atoms with Crippen molar-refractivity contribution >= 4 is 11.8 Å². The molecule has 0 aliphatic heterocycles. The van der Waals surface area contributed by atoms with Crippen LogP contribution in [0.5, 0.6) is 0 Å². The number of hydrogen-bond donors (Lipinski definition) is 1. The van der Waals surface area contributed by atoms with E-state index in [9.17, 15) is 8.78 Å². The Bertz CT molecular complexity index is 546. The van der Waals surface area contributed by atoms with E-state index in [0.29, 0.717) is 17.2 Å². The second-order valence-electron chi connectivity index (χ2n) is 3.68. The molecule has 0 atom stereocenters. The Morgan fingerprint density at radius 2 is 2.00 bits per heavy atom. The van der Waals surface area contributed by atoms with Gasteiger partial charge in [-0.3, -0.25) is 4.98 Å². The van der Waals surface area contributed by atoms with Crippen LogP contribution in [0.3, 0.4) is 0 Å². The van der Waals surface area contributed by atoms with Crippen LogP contribution in [0, 0.1) is 11.6 Å². The van der Waals surface area contributed by atoms with Gasteiger partial charge in [0.05, 0.1) is 5.69 Å². The highest BCUT2D eigenvalue weighted by atomic mass is 32.2. The molecule has 2 N–H and O–H groups in total. The lowest BCUT2D eigenvalue weighted by Gasteiger charge is -2.06. The Morgan fingerprint density at radius 3 is 2.72 bits per heavy atom. The highest BCUT2D eigenvalue weighted by Crippen LogP contribution is 2.25. The van der Waals surface area contributed by atoms with Gasteiger partial charge in [0, 0.05) is 23.4 Å². The second kappa shape index (κ2) is 5.93. The van der Waals surface area contributed by atoms with Gasteiger partial charge in [0.15, 0.2) is 11.6 Å². The fraction of sp³-hybridized carbons (Fsp3) is 0.154. The van der Waals surface area contributed by atoms with Gasteiger partial charge in [-0.1, -0.05) is 6.07 Å². The zero-order valence-electron chi connectivity index (χ0n) is 9.57. The van der Waals surface area contributed by atoms with Crippen molar-refractivity contribution in [1.82, 2.24) is 4.98 Å². The molecule has 0 amide bonds. The summed E-state index contributed by atoms with van der Waals surface area (Å²) in [5.74, 6) is -1.03. The normalized spacial score (nSPS) is 10.6. The largest absolute Gasteiger partial charge is 0.325 e. The minimum atomic E-state index is -0.830. The SMILES string of the molecule is NCc1ncccc1CSc1ccc(F)c(F)c1. The van der Waals surface area contributed by atoms with Gasteiger partial charge in [0.1, 0.15) is 0 Å². The van der Waals surface area contributed by atoms with Crippen LogP contribution in [0.1, 0.15) is 11.3 Å². The van der Waals surface area contributed by atoms with Gasteiger partial charge < -0.3 is 5.73 Å². The van der Waals surface area contributed by atoms with Gasteiger partial charge in [0.2, 0.25) is 0 Å². The molecule has 0 saturated carbocycles. The van der Waals surface area contributed by atoms with Gasteiger partial charge in [-0.15, -0.1) is 11.8 Å². The molecule has 0 aliphatic rings. The molecule has 18 heavy (non-hydrogen) atoms. The lowest BCUT2D eigenvalue weighted by atomic mass is 10.2. The summed E-state index contributed by atoms with van der Waals surface area (Å²) in [6.45, 7) is 0.370. The fourth-order valence-electron chi connectivity index (χ4n) is 1.51. The molecule has 0 fully saturated rings. The molecule has 1 heterocycles. The van der Waals surface area contributed by atoms with Crippen LogP contribution in [0.4, 0.5) is 8.78 Å². The summed E-state index contributed by atoms with van der Waals surface area (Å²) >= 11 is 1.42.